The normalized spacial score (nSPS) is 14.2. The first-order valence-corrected chi connectivity index (χ1v) is 7.08. The van der Waals surface area contributed by atoms with Gasteiger partial charge in [-0.25, -0.2) is 0 Å². The van der Waals surface area contributed by atoms with Crippen molar-refractivity contribution in [1.29, 1.82) is 0 Å². The molecule has 2 aromatic carbocycles. The fourth-order valence-electron chi connectivity index (χ4n) is 3.02. The first-order chi connectivity index (χ1) is 9.92. The highest BCUT2D eigenvalue weighted by molar-refractivity contribution is 5.84. The average Bonchev–Trinajstić information content (AvgIpc) is 2.54. The SMILES string of the molecule is c1cc2c(c(-c3cnc4ccccc4c3)c1)CCNC2. The molecule has 0 unspecified atom stereocenters. The average molecular weight is 260 g/mol. The van der Waals surface area contributed by atoms with E-state index in [1.165, 1.54) is 27.6 Å². The summed E-state index contributed by atoms with van der Waals surface area (Å²) >= 11 is 0. The van der Waals surface area contributed by atoms with Crippen molar-refractivity contribution in [3.63, 3.8) is 0 Å². The van der Waals surface area contributed by atoms with Crippen LogP contribution < -0.4 is 5.32 Å². The van der Waals surface area contributed by atoms with Crippen LogP contribution >= 0.6 is 0 Å². The van der Waals surface area contributed by atoms with Crippen LogP contribution in [0.3, 0.4) is 0 Å². The van der Waals surface area contributed by atoms with E-state index in [-0.39, 0.29) is 0 Å². The van der Waals surface area contributed by atoms with E-state index in [0.717, 1.165) is 25.0 Å². The van der Waals surface area contributed by atoms with Crippen LogP contribution in [0.2, 0.25) is 0 Å². The lowest BCUT2D eigenvalue weighted by molar-refractivity contribution is 0.645. The summed E-state index contributed by atoms with van der Waals surface area (Å²) in [7, 11) is 0. The minimum atomic E-state index is 0.976. The van der Waals surface area contributed by atoms with Gasteiger partial charge >= 0.3 is 0 Å². The Labute approximate surface area is 118 Å². The fraction of sp³-hybridized carbons (Fsp3) is 0.167. The van der Waals surface area contributed by atoms with Crippen LogP contribution in [0, 0.1) is 0 Å². The molecule has 0 amide bonds. The largest absolute Gasteiger partial charge is 0.312 e. The summed E-state index contributed by atoms with van der Waals surface area (Å²) in [5, 5.41) is 4.64. The maximum atomic E-state index is 4.59. The van der Waals surface area contributed by atoms with Gasteiger partial charge in [-0.15, -0.1) is 0 Å². The van der Waals surface area contributed by atoms with Crippen LogP contribution in [0.5, 0.6) is 0 Å². The van der Waals surface area contributed by atoms with Crippen LogP contribution in [0.1, 0.15) is 11.1 Å². The summed E-state index contributed by atoms with van der Waals surface area (Å²) in [6.45, 7) is 2.04. The Balaban J connectivity index is 1.90. The number of para-hydroxylation sites is 1. The monoisotopic (exact) mass is 260 g/mol. The third kappa shape index (κ3) is 1.89. The molecule has 98 valence electrons. The van der Waals surface area contributed by atoms with Crippen molar-refractivity contribution in [2.24, 2.45) is 0 Å². The Morgan fingerprint density at radius 2 is 1.95 bits per heavy atom. The highest BCUT2D eigenvalue weighted by atomic mass is 14.9. The van der Waals surface area contributed by atoms with E-state index in [1.807, 2.05) is 12.3 Å². The lowest BCUT2D eigenvalue weighted by atomic mass is 9.92. The van der Waals surface area contributed by atoms with E-state index in [1.54, 1.807) is 0 Å². The van der Waals surface area contributed by atoms with Gasteiger partial charge in [-0.1, -0.05) is 36.4 Å². The molecule has 0 bridgehead atoms. The van der Waals surface area contributed by atoms with E-state index in [0.29, 0.717) is 0 Å². The molecule has 1 N–H and O–H groups in total. The molecule has 2 heterocycles. The van der Waals surface area contributed by atoms with Gasteiger partial charge in [-0.05, 0) is 41.8 Å². The van der Waals surface area contributed by atoms with Crippen molar-refractivity contribution in [2.75, 3.05) is 6.54 Å². The second-order valence-electron chi connectivity index (χ2n) is 5.29. The first kappa shape index (κ1) is 11.6. The van der Waals surface area contributed by atoms with Gasteiger partial charge in [-0.3, -0.25) is 4.98 Å². The zero-order valence-electron chi connectivity index (χ0n) is 11.3. The van der Waals surface area contributed by atoms with E-state index in [2.05, 4.69) is 52.8 Å². The smallest absolute Gasteiger partial charge is 0.0702 e. The van der Waals surface area contributed by atoms with Crippen molar-refractivity contribution in [3.05, 3.63) is 65.9 Å². The van der Waals surface area contributed by atoms with Crippen molar-refractivity contribution in [1.82, 2.24) is 10.3 Å². The molecule has 0 spiro atoms. The lowest BCUT2D eigenvalue weighted by Crippen LogP contribution is -2.24. The third-order valence-corrected chi connectivity index (χ3v) is 4.04. The molecule has 0 aliphatic carbocycles. The summed E-state index contributed by atoms with van der Waals surface area (Å²) in [5.74, 6) is 0. The molecular weight excluding hydrogens is 244 g/mol. The van der Waals surface area contributed by atoms with Crippen molar-refractivity contribution in [2.45, 2.75) is 13.0 Å². The minimum absolute atomic E-state index is 0.976. The summed E-state index contributed by atoms with van der Waals surface area (Å²) in [4.78, 5) is 4.59. The van der Waals surface area contributed by atoms with Crippen LogP contribution in [0.25, 0.3) is 22.0 Å². The molecule has 1 aliphatic rings. The van der Waals surface area contributed by atoms with E-state index in [9.17, 15) is 0 Å². The van der Waals surface area contributed by atoms with Crippen LogP contribution in [-0.2, 0) is 13.0 Å². The standard InChI is InChI=1S/C18H16N2/c1-2-7-18-13(4-1)10-15(12-20-18)16-6-3-5-14-11-19-9-8-17(14)16/h1-7,10,12,19H,8-9,11H2. The predicted octanol–water partition coefficient (Wildman–Crippen LogP) is 3.55. The number of benzene rings is 2. The Morgan fingerprint density at radius 3 is 2.95 bits per heavy atom. The number of pyridine rings is 1. The number of rotatable bonds is 1. The summed E-state index contributed by atoms with van der Waals surface area (Å²) in [6, 6.07) is 17.1. The summed E-state index contributed by atoms with van der Waals surface area (Å²) in [5.41, 5.74) is 6.51. The van der Waals surface area contributed by atoms with Gasteiger partial charge in [0, 0.05) is 23.7 Å². The van der Waals surface area contributed by atoms with Gasteiger partial charge < -0.3 is 5.32 Å². The fourth-order valence-corrected chi connectivity index (χ4v) is 3.02. The summed E-state index contributed by atoms with van der Waals surface area (Å²) in [6.07, 6.45) is 3.10. The second-order valence-corrected chi connectivity index (χ2v) is 5.29. The molecule has 0 saturated carbocycles. The van der Waals surface area contributed by atoms with E-state index >= 15 is 0 Å². The minimum Gasteiger partial charge on any atom is -0.312 e. The molecule has 2 heteroatoms. The van der Waals surface area contributed by atoms with Crippen molar-refractivity contribution in [3.8, 4) is 11.1 Å². The maximum Gasteiger partial charge on any atom is 0.0702 e. The Morgan fingerprint density at radius 1 is 1.00 bits per heavy atom. The number of fused-ring (bicyclic) bond motifs is 2. The van der Waals surface area contributed by atoms with E-state index < -0.39 is 0 Å². The van der Waals surface area contributed by atoms with E-state index in [4.69, 9.17) is 0 Å². The Bertz CT molecular complexity index is 777. The molecule has 0 radical (unpaired) electrons. The molecular formula is C18H16N2. The number of hydrogen-bond donors (Lipinski definition) is 1. The number of hydrogen-bond acceptors (Lipinski definition) is 2. The van der Waals surface area contributed by atoms with Gasteiger partial charge in [0.25, 0.3) is 0 Å². The number of aromatic nitrogens is 1. The molecule has 20 heavy (non-hydrogen) atoms. The van der Waals surface area contributed by atoms with Crippen LogP contribution in [0.4, 0.5) is 0 Å². The topological polar surface area (TPSA) is 24.9 Å². The van der Waals surface area contributed by atoms with Gasteiger partial charge in [0.05, 0.1) is 5.52 Å². The zero-order chi connectivity index (χ0) is 13.4. The van der Waals surface area contributed by atoms with Gasteiger partial charge in [0.15, 0.2) is 0 Å². The molecule has 3 aromatic rings. The van der Waals surface area contributed by atoms with Gasteiger partial charge in [-0.2, -0.15) is 0 Å². The third-order valence-electron chi connectivity index (χ3n) is 4.04. The first-order valence-electron chi connectivity index (χ1n) is 7.08. The Kier molecular flexibility index (Phi) is 2.75. The maximum absolute atomic E-state index is 4.59. The van der Waals surface area contributed by atoms with Crippen molar-refractivity contribution < 1.29 is 0 Å². The zero-order valence-corrected chi connectivity index (χ0v) is 11.3. The van der Waals surface area contributed by atoms with Gasteiger partial charge in [0.1, 0.15) is 0 Å². The highest BCUT2D eigenvalue weighted by Gasteiger charge is 2.13. The molecule has 2 nitrogen and oxygen atoms in total. The molecule has 0 atom stereocenters. The van der Waals surface area contributed by atoms with Gasteiger partial charge in [0.2, 0.25) is 0 Å². The van der Waals surface area contributed by atoms with Crippen LogP contribution in [-0.4, -0.2) is 11.5 Å². The summed E-state index contributed by atoms with van der Waals surface area (Å²) < 4.78 is 0. The molecule has 1 aromatic heterocycles. The number of nitrogens with zero attached hydrogens (tertiary/aromatic N) is 1. The number of nitrogens with one attached hydrogen (secondary N) is 1. The second kappa shape index (κ2) is 4.73. The molecule has 0 saturated heterocycles. The molecule has 0 fully saturated rings. The quantitative estimate of drug-likeness (QED) is 0.724. The van der Waals surface area contributed by atoms with Crippen molar-refractivity contribution >= 4 is 10.9 Å². The molecule has 1 aliphatic heterocycles. The Hall–Kier alpha value is -2.19. The van der Waals surface area contributed by atoms with Crippen LogP contribution in [0.15, 0.2) is 54.7 Å². The highest BCUT2D eigenvalue weighted by Crippen LogP contribution is 2.29. The lowest BCUT2D eigenvalue weighted by Gasteiger charge is -2.20. The predicted molar refractivity (Wildman–Crippen MR) is 82.6 cm³/mol. The molecule has 4 rings (SSSR count).